The van der Waals surface area contributed by atoms with Crippen LogP contribution in [0.1, 0.15) is 32.1 Å². The van der Waals surface area contributed by atoms with Gasteiger partial charge in [0.25, 0.3) is 0 Å². The molecule has 0 radical (unpaired) electrons. The van der Waals surface area contributed by atoms with Gasteiger partial charge in [-0.15, -0.1) is 0 Å². The zero-order valence-electron chi connectivity index (χ0n) is 22.0. The number of aromatic nitrogens is 2. The van der Waals surface area contributed by atoms with Gasteiger partial charge in [0, 0.05) is 16.6 Å². The second-order valence-electron chi connectivity index (χ2n) is 9.94. The van der Waals surface area contributed by atoms with Crippen molar-refractivity contribution in [1.82, 2.24) is 9.97 Å². The van der Waals surface area contributed by atoms with E-state index in [2.05, 4.69) is 19.7 Å². The molecule has 5 rings (SSSR count). The van der Waals surface area contributed by atoms with Gasteiger partial charge in [-0.25, -0.2) is 14.4 Å². The van der Waals surface area contributed by atoms with E-state index in [9.17, 15) is 8.94 Å². The SMILES string of the molecule is CC(C)(C)[S+]([O-])N=Cc1ccc(-c2ccc3ncnc(Nc4ccc(OCc5cccc(F)c5)c(Cl)c4)c3c2)o1. The van der Waals surface area contributed by atoms with Crippen LogP contribution in [0.25, 0.3) is 22.2 Å². The van der Waals surface area contributed by atoms with Gasteiger partial charge in [-0.05, 0) is 87.0 Å². The standard InChI is InChI=1S/C30H26ClFN4O3S/c1-30(2,3)40(37)35-16-23-9-12-27(39-23)20-7-10-26-24(14-20)29(34-18-33-26)36-22-8-11-28(25(31)15-22)38-17-19-5-4-6-21(32)13-19/h4-16,18H,17H2,1-3H3,(H,33,34,36). The number of furan rings is 1. The van der Waals surface area contributed by atoms with Gasteiger partial charge in [0.15, 0.2) is 0 Å². The number of rotatable bonds is 8. The third-order valence-corrected chi connectivity index (χ3v) is 7.46. The Morgan fingerprint density at radius 3 is 2.70 bits per heavy atom. The average molecular weight is 577 g/mol. The van der Waals surface area contributed by atoms with Crippen LogP contribution in [0, 0.1) is 5.82 Å². The first-order valence-electron chi connectivity index (χ1n) is 12.4. The Labute approximate surface area is 239 Å². The van der Waals surface area contributed by atoms with Crippen molar-refractivity contribution in [3.8, 4) is 17.1 Å². The van der Waals surface area contributed by atoms with Crippen LogP contribution in [0.5, 0.6) is 5.75 Å². The van der Waals surface area contributed by atoms with Gasteiger partial charge in [-0.1, -0.05) is 28.1 Å². The predicted octanol–water partition coefficient (Wildman–Crippen LogP) is 7.89. The maximum absolute atomic E-state index is 13.4. The van der Waals surface area contributed by atoms with Crippen molar-refractivity contribution in [3.05, 3.63) is 101 Å². The average Bonchev–Trinajstić information content (AvgIpc) is 3.40. The van der Waals surface area contributed by atoms with Crippen LogP contribution in [0.3, 0.4) is 0 Å². The highest BCUT2D eigenvalue weighted by atomic mass is 35.5. The number of anilines is 2. The van der Waals surface area contributed by atoms with Crippen molar-refractivity contribution in [2.24, 2.45) is 4.40 Å². The third-order valence-electron chi connectivity index (χ3n) is 5.82. The topological polar surface area (TPSA) is 95.6 Å². The van der Waals surface area contributed by atoms with Gasteiger partial charge in [0.2, 0.25) is 0 Å². The molecular formula is C30H26ClFN4O3S. The molecule has 40 heavy (non-hydrogen) atoms. The number of hydrogen-bond donors (Lipinski definition) is 1. The zero-order chi connectivity index (χ0) is 28.3. The maximum Gasteiger partial charge on any atom is 0.150 e. The number of nitrogens with zero attached hydrogens (tertiary/aromatic N) is 3. The highest BCUT2D eigenvalue weighted by Crippen LogP contribution is 2.33. The van der Waals surface area contributed by atoms with E-state index in [1.54, 1.807) is 30.3 Å². The maximum atomic E-state index is 13.4. The number of ether oxygens (including phenoxy) is 1. The Kier molecular flexibility index (Phi) is 8.07. The van der Waals surface area contributed by atoms with E-state index in [0.717, 1.165) is 16.5 Å². The number of nitrogens with one attached hydrogen (secondary N) is 1. The monoisotopic (exact) mass is 576 g/mol. The Balaban J connectivity index is 1.34. The number of fused-ring (bicyclic) bond motifs is 1. The van der Waals surface area contributed by atoms with Gasteiger partial charge in [-0.2, -0.15) is 0 Å². The van der Waals surface area contributed by atoms with E-state index in [0.29, 0.717) is 39.4 Å². The van der Waals surface area contributed by atoms with E-state index in [1.807, 2.05) is 51.1 Å². The van der Waals surface area contributed by atoms with Crippen LogP contribution in [0.2, 0.25) is 5.02 Å². The highest BCUT2D eigenvalue weighted by Gasteiger charge is 2.26. The van der Waals surface area contributed by atoms with E-state index < -0.39 is 16.1 Å². The Bertz CT molecular complexity index is 1690. The van der Waals surface area contributed by atoms with Crippen molar-refractivity contribution in [3.63, 3.8) is 0 Å². The van der Waals surface area contributed by atoms with Crippen LogP contribution < -0.4 is 10.1 Å². The fourth-order valence-corrected chi connectivity index (χ4v) is 4.52. The summed E-state index contributed by atoms with van der Waals surface area (Å²) < 4.78 is 41.0. The van der Waals surface area contributed by atoms with Crippen molar-refractivity contribution in [1.29, 1.82) is 0 Å². The lowest BCUT2D eigenvalue weighted by molar-refractivity contribution is 0.306. The summed E-state index contributed by atoms with van der Waals surface area (Å²) in [5.74, 6) is 1.88. The fourth-order valence-electron chi connectivity index (χ4n) is 3.77. The van der Waals surface area contributed by atoms with Crippen molar-refractivity contribution in [2.45, 2.75) is 32.1 Å². The first kappa shape index (κ1) is 27.6. The van der Waals surface area contributed by atoms with Crippen LogP contribution >= 0.6 is 11.6 Å². The van der Waals surface area contributed by atoms with Gasteiger partial charge in [-0.3, -0.25) is 0 Å². The van der Waals surface area contributed by atoms with E-state index in [1.165, 1.54) is 24.7 Å². The summed E-state index contributed by atoms with van der Waals surface area (Å²) in [4.78, 5) is 8.81. The van der Waals surface area contributed by atoms with Crippen LogP contribution in [0.4, 0.5) is 15.9 Å². The van der Waals surface area contributed by atoms with Gasteiger partial charge in [0.1, 0.15) is 64.2 Å². The van der Waals surface area contributed by atoms with Crippen molar-refractivity contribution < 1.29 is 18.1 Å². The number of halogens is 2. The molecule has 2 aromatic heterocycles. The molecule has 0 aliphatic rings. The summed E-state index contributed by atoms with van der Waals surface area (Å²) in [5.41, 5.74) is 2.98. The summed E-state index contributed by atoms with van der Waals surface area (Å²) in [6.07, 6.45) is 2.97. The minimum atomic E-state index is -1.38. The van der Waals surface area contributed by atoms with Crippen molar-refractivity contribution >= 4 is 51.6 Å². The quantitative estimate of drug-likeness (QED) is 0.149. The molecule has 0 aliphatic heterocycles. The Morgan fingerprint density at radius 1 is 1.07 bits per heavy atom. The molecule has 0 aliphatic carbocycles. The molecule has 0 saturated heterocycles. The third kappa shape index (κ3) is 6.62. The fraction of sp³-hybridized carbons (Fsp3) is 0.167. The summed E-state index contributed by atoms with van der Waals surface area (Å²) in [5, 5.41) is 4.48. The Morgan fingerprint density at radius 2 is 1.93 bits per heavy atom. The highest BCUT2D eigenvalue weighted by molar-refractivity contribution is 7.91. The summed E-state index contributed by atoms with van der Waals surface area (Å²) in [7, 11) is 0. The van der Waals surface area contributed by atoms with E-state index in [4.69, 9.17) is 20.8 Å². The normalized spacial score (nSPS) is 12.7. The smallest absolute Gasteiger partial charge is 0.150 e. The second kappa shape index (κ2) is 11.7. The molecule has 5 aromatic rings. The molecule has 7 nitrogen and oxygen atoms in total. The zero-order valence-corrected chi connectivity index (χ0v) is 23.6. The van der Waals surface area contributed by atoms with E-state index in [-0.39, 0.29) is 12.4 Å². The summed E-state index contributed by atoms with van der Waals surface area (Å²) in [6.45, 7) is 5.78. The number of hydrogen-bond acceptors (Lipinski definition) is 7. The number of benzene rings is 3. The van der Waals surface area contributed by atoms with Crippen LogP contribution in [-0.4, -0.2) is 25.5 Å². The lowest BCUT2D eigenvalue weighted by Crippen LogP contribution is -2.25. The van der Waals surface area contributed by atoms with Gasteiger partial charge >= 0.3 is 0 Å². The summed E-state index contributed by atoms with van der Waals surface area (Å²) >= 11 is 5.10. The molecule has 3 aromatic carbocycles. The molecule has 0 spiro atoms. The molecule has 2 heterocycles. The molecule has 0 bridgehead atoms. The van der Waals surface area contributed by atoms with Gasteiger partial charge < -0.3 is 19.0 Å². The minimum Gasteiger partial charge on any atom is -0.591 e. The molecule has 0 amide bonds. The van der Waals surface area contributed by atoms with Gasteiger partial charge in [0.05, 0.1) is 10.5 Å². The lowest BCUT2D eigenvalue weighted by atomic mass is 10.1. The molecular weight excluding hydrogens is 551 g/mol. The Hall–Kier alpha value is -3.92. The summed E-state index contributed by atoms with van der Waals surface area (Å²) in [6, 6.07) is 20.9. The van der Waals surface area contributed by atoms with Crippen molar-refractivity contribution in [2.75, 3.05) is 5.32 Å². The first-order chi connectivity index (χ1) is 19.2. The molecule has 204 valence electrons. The second-order valence-corrected chi connectivity index (χ2v) is 12.3. The molecule has 1 unspecified atom stereocenters. The largest absolute Gasteiger partial charge is 0.591 e. The van der Waals surface area contributed by atoms with E-state index >= 15 is 0 Å². The molecule has 1 N–H and O–H groups in total. The first-order valence-corrected chi connectivity index (χ1v) is 13.9. The van der Waals surface area contributed by atoms with Crippen LogP contribution in [0.15, 0.2) is 87.9 Å². The molecule has 0 fully saturated rings. The molecule has 10 heteroatoms. The molecule has 1 atom stereocenters. The predicted molar refractivity (Wildman–Crippen MR) is 158 cm³/mol. The minimum absolute atomic E-state index is 0.193. The van der Waals surface area contributed by atoms with Crippen LogP contribution in [-0.2, 0) is 18.0 Å². The molecule has 0 saturated carbocycles. The lowest BCUT2D eigenvalue weighted by Gasteiger charge is -2.17.